The molecule has 0 atom stereocenters. The number of amides is 1. The number of pyridine rings is 1. The Morgan fingerprint density at radius 2 is 2.17 bits per heavy atom. The minimum atomic E-state index is -0.360. The third-order valence-electron chi connectivity index (χ3n) is 3.10. The van der Waals surface area contributed by atoms with Crippen LogP contribution in [0.25, 0.3) is 0 Å². The monoisotopic (exact) mass is 343 g/mol. The molecule has 2 heterocycles. The molecule has 0 bridgehead atoms. The predicted octanol–water partition coefficient (Wildman–Crippen LogP) is 3.19. The molecule has 3 aromatic rings. The van der Waals surface area contributed by atoms with Crippen LogP contribution in [0.15, 0.2) is 54.0 Å². The zero-order valence-corrected chi connectivity index (χ0v) is 13.4. The Morgan fingerprint density at radius 3 is 2.96 bits per heavy atom. The highest BCUT2D eigenvalue weighted by atomic mass is 32.1. The largest absolute Gasteiger partial charge is 0.486 e. The summed E-state index contributed by atoms with van der Waals surface area (Å²) in [6.45, 7) is 0.522. The molecule has 0 spiro atoms. The quantitative estimate of drug-likeness (QED) is 0.747. The number of thiazole rings is 1. The van der Waals surface area contributed by atoms with Crippen molar-refractivity contribution < 1.29 is 13.9 Å². The molecule has 0 aliphatic rings. The summed E-state index contributed by atoms with van der Waals surface area (Å²) in [7, 11) is 0. The van der Waals surface area contributed by atoms with Gasteiger partial charge in [0.15, 0.2) is 0 Å². The maximum absolute atomic E-state index is 13.1. The number of nitrogens with zero attached hydrogens (tertiary/aromatic N) is 2. The SMILES string of the molecule is O=C(NCc1ccccn1)c1csc(COc2cccc(F)c2)n1. The highest BCUT2D eigenvalue weighted by Gasteiger charge is 2.11. The van der Waals surface area contributed by atoms with Gasteiger partial charge in [-0.2, -0.15) is 0 Å². The lowest BCUT2D eigenvalue weighted by atomic mass is 10.3. The van der Waals surface area contributed by atoms with Gasteiger partial charge < -0.3 is 10.1 Å². The molecule has 122 valence electrons. The molecule has 1 amide bonds. The van der Waals surface area contributed by atoms with Gasteiger partial charge in [-0.25, -0.2) is 9.37 Å². The average molecular weight is 343 g/mol. The molecule has 0 unspecified atom stereocenters. The Bertz CT molecular complexity index is 823. The summed E-state index contributed by atoms with van der Waals surface area (Å²) in [5.74, 6) is -0.207. The zero-order valence-electron chi connectivity index (χ0n) is 12.6. The van der Waals surface area contributed by atoms with E-state index in [0.29, 0.717) is 23.0 Å². The third kappa shape index (κ3) is 4.36. The van der Waals surface area contributed by atoms with Crippen LogP contribution in [0.5, 0.6) is 5.75 Å². The third-order valence-corrected chi connectivity index (χ3v) is 3.92. The number of ether oxygens (including phenoxy) is 1. The predicted molar refractivity (Wildman–Crippen MR) is 88.3 cm³/mol. The molecule has 2 aromatic heterocycles. The number of halogens is 1. The zero-order chi connectivity index (χ0) is 16.8. The van der Waals surface area contributed by atoms with Crippen molar-refractivity contribution in [2.75, 3.05) is 0 Å². The van der Waals surface area contributed by atoms with E-state index < -0.39 is 0 Å². The lowest BCUT2D eigenvalue weighted by Crippen LogP contribution is -2.23. The van der Waals surface area contributed by atoms with Crippen molar-refractivity contribution in [3.8, 4) is 5.75 Å². The number of hydrogen-bond donors (Lipinski definition) is 1. The van der Waals surface area contributed by atoms with Gasteiger partial charge in [-0.05, 0) is 24.3 Å². The van der Waals surface area contributed by atoms with Crippen LogP contribution in [0.4, 0.5) is 4.39 Å². The first-order valence-corrected chi connectivity index (χ1v) is 8.09. The van der Waals surface area contributed by atoms with Crippen LogP contribution in [0.3, 0.4) is 0 Å². The second-order valence-corrected chi connectivity index (χ2v) is 5.82. The number of benzene rings is 1. The smallest absolute Gasteiger partial charge is 0.271 e. The Balaban J connectivity index is 1.53. The molecule has 0 fully saturated rings. The Morgan fingerprint density at radius 1 is 1.25 bits per heavy atom. The van der Waals surface area contributed by atoms with E-state index in [-0.39, 0.29) is 18.3 Å². The molecule has 24 heavy (non-hydrogen) atoms. The fourth-order valence-corrected chi connectivity index (χ4v) is 2.63. The Hall–Kier alpha value is -2.80. The van der Waals surface area contributed by atoms with Crippen molar-refractivity contribution in [1.82, 2.24) is 15.3 Å². The second kappa shape index (κ2) is 7.65. The van der Waals surface area contributed by atoms with Crippen molar-refractivity contribution in [2.45, 2.75) is 13.2 Å². The van der Waals surface area contributed by atoms with Crippen molar-refractivity contribution in [3.63, 3.8) is 0 Å². The van der Waals surface area contributed by atoms with E-state index in [0.717, 1.165) is 5.69 Å². The molecule has 7 heteroatoms. The summed E-state index contributed by atoms with van der Waals surface area (Å²) in [6.07, 6.45) is 1.67. The number of nitrogens with one attached hydrogen (secondary N) is 1. The first-order chi connectivity index (χ1) is 11.7. The molecule has 1 N–H and O–H groups in total. The molecule has 3 rings (SSSR count). The lowest BCUT2D eigenvalue weighted by molar-refractivity contribution is 0.0946. The van der Waals surface area contributed by atoms with E-state index in [1.54, 1.807) is 23.7 Å². The van der Waals surface area contributed by atoms with Gasteiger partial charge in [0.1, 0.15) is 28.9 Å². The van der Waals surface area contributed by atoms with E-state index in [1.807, 2.05) is 18.2 Å². The van der Waals surface area contributed by atoms with Gasteiger partial charge in [0, 0.05) is 17.6 Å². The number of aromatic nitrogens is 2. The highest BCUT2D eigenvalue weighted by molar-refractivity contribution is 7.09. The first-order valence-electron chi connectivity index (χ1n) is 7.21. The minimum absolute atomic E-state index is 0.182. The van der Waals surface area contributed by atoms with Crippen LogP contribution in [0.2, 0.25) is 0 Å². The molecule has 0 saturated carbocycles. The molecule has 1 aromatic carbocycles. The van der Waals surface area contributed by atoms with Gasteiger partial charge in [0.05, 0.1) is 12.2 Å². The maximum atomic E-state index is 13.1. The summed E-state index contributed by atoms with van der Waals surface area (Å²) in [5.41, 5.74) is 1.10. The van der Waals surface area contributed by atoms with Crippen LogP contribution in [-0.4, -0.2) is 15.9 Å². The summed E-state index contributed by atoms with van der Waals surface area (Å²) in [4.78, 5) is 20.4. The summed E-state index contributed by atoms with van der Waals surface area (Å²) >= 11 is 1.32. The fourth-order valence-electron chi connectivity index (χ4n) is 1.95. The summed E-state index contributed by atoms with van der Waals surface area (Å²) in [6, 6.07) is 11.4. The van der Waals surface area contributed by atoms with Crippen LogP contribution < -0.4 is 10.1 Å². The van der Waals surface area contributed by atoms with Crippen LogP contribution in [0.1, 0.15) is 21.2 Å². The topological polar surface area (TPSA) is 64.1 Å². The average Bonchev–Trinajstić information content (AvgIpc) is 3.08. The molecule has 0 aliphatic carbocycles. The lowest BCUT2D eigenvalue weighted by Gasteiger charge is -2.03. The van der Waals surface area contributed by atoms with Gasteiger partial charge in [0.25, 0.3) is 5.91 Å². The van der Waals surface area contributed by atoms with Gasteiger partial charge in [-0.1, -0.05) is 12.1 Å². The molecule has 5 nitrogen and oxygen atoms in total. The van der Waals surface area contributed by atoms with Crippen LogP contribution in [-0.2, 0) is 13.2 Å². The van der Waals surface area contributed by atoms with E-state index in [1.165, 1.54) is 23.5 Å². The van der Waals surface area contributed by atoms with E-state index in [2.05, 4.69) is 15.3 Å². The number of rotatable bonds is 6. The molecule has 0 radical (unpaired) electrons. The van der Waals surface area contributed by atoms with Crippen LogP contribution in [0, 0.1) is 5.82 Å². The van der Waals surface area contributed by atoms with Crippen molar-refractivity contribution in [2.24, 2.45) is 0 Å². The molecular weight excluding hydrogens is 329 g/mol. The number of carbonyl (C=O) groups is 1. The summed E-state index contributed by atoms with van der Waals surface area (Å²) in [5, 5.41) is 5.07. The van der Waals surface area contributed by atoms with E-state index >= 15 is 0 Å². The van der Waals surface area contributed by atoms with Gasteiger partial charge >= 0.3 is 0 Å². The van der Waals surface area contributed by atoms with E-state index in [9.17, 15) is 9.18 Å². The van der Waals surface area contributed by atoms with Crippen molar-refractivity contribution in [1.29, 1.82) is 0 Å². The molecular formula is C17H14FN3O2S. The number of hydrogen-bond acceptors (Lipinski definition) is 5. The second-order valence-electron chi connectivity index (χ2n) is 4.88. The van der Waals surface area contributed by atoms with Gasteiger partial charge in [-0.15, -0.1) is 11.3 Å². The van der Waals surface area contributed by atoms with E-state index in [4.69, 9.17) is 4.74 Å². The maximum Gasteiger partial charge on any atom is 0.271 e. The fraction of sp³-hybridized carbons (Fsp3) is 0.118. The Labute approximate surface area is 142 Å². The molecule has 0 aliphatic heterocycles. The molecule has 0 saturated heterocycles. The number of carbonyl (C=O) groups excluding carboxylic acids is 1. The van der Waals surface area contributed by atoms with Gasteiger partial charge in [0.2, 0.25) is 0 Å². The first kappa shape index (κ1) is 16.1. The normalized spacial score (nSPS) is 10.4. The van der Waals surface area contributed by atoms with Gasteiger partial charge in [-0.3, -0.25) is 9.78 Å². The highest BCUT2D eigenvalue weighted by Crippen LogP contribution is 2.16. The Kier molecular flexibility index (Phi) is 5.12. The standard InChI is InChI=1S/C17H14FN3O2S/c18-12-4-3-6-14(8-12)23-10-16-21-15(11-24-16)17(22)20-9-13-5-1-2-7-19-13/h1-8,11H,9-10H2,(H,20,22). The summed E-state index contributed by atoms with van der Waals surface area (Å²) < 4.78 is 18.5. The van der Waals surface area contributed by atoms with Crippen molar-refractivity contribution >= 4 is 17.2 Å². The van der Waals surface area contributed by atoms with Crippen molar-refractivity contribution in [3.05, 3.63) is 76.3 Å². The minimum Gasteiger partial charge on any atom is -0.486 e. The van der Waals surface area contributed by atoms with Crippen LogP contribution >= 0.6 is 11.3 Å².